The third kappa shape index (κ3) is 5.24. The molecule has 2 heterocycles. The monoisotopic (exact) mass is 355 g/mol. The predicted molar refractivity (Wildman–Crippen MR) is 102 cm³/mol. The Morgan fingerprint density at radius 2 is 1.92 bits per heavy atom. The lowest BCUT2D eigenvalue weighted by atomic mass is 10.1. The predicted octanol–water partition coefficient (Wildman–Crippen LogP) is 2.04. The van der Waals surface area contributed by atoms with Crippen LogP contribution in [0, 0.1) is 0 Å². The zero-order chi connectivity index (χ0) is 18.2. The summed E-state index contributed by atoms with van der Waals surface area (Å²) in [6.07, 6.45) is 4.06. The lowest BCUT2D eigenvalue weighted by Crippen LogP contribution is -2.39. The minimum Gasteiger partial charge on any atom is -0.379 e. The Bertz CT molecular complexity index is 697. The van der Waals surface area contributed by atoms with Gasteiger partial charge in [-0.15, -0.1) is 0 Å². The normalized spacial score (nSPS) is 14.8. The van der Waals surface area contributed by atoms with Crippen LogP contribution in [-0.4, -0.2) is 60.2 Å². The van der Waals surface area contributed by atoms with Gasteiger partial charge in [0.2, 0.25) is 0 Å². The molecule has 2 aromatic rings. The molecule has 7 heteroatoms. The van der Waals surface area contributed by atoms with E-state index in [-0.39, 0.29) is 5.91 Å². The van der Waals surface area contributed by atoms with Crippen molar-refractivity contribution >= 4 is 17.4 Å². The number of carbonyl (C=O) groups is 1. The van der Waals surface area contributed by atoms with Crippen LogP contribution in [0.4, 0.5) is 11.5 Å². The molecular formula is C19H25N5O2. The van der Waals surface area contributed by atoms with Gasteiger partial charge in [-0.2, -0.15) is 0 Å². The Morgan fingerprint density at radius 1 is 1.15 bits per heavy atom. The highest BCUT2D eigenvalue weighted by molar-refractivity contribution is 6.02. The summed E-state index contributed by atoms with van der Waals surface area (Å²) in [6, 6.07) is 7.79. The van der Waals surface area contributed by atoms with Crippen LogP contribution < -0.4 is 10.6 Å². The van der Waals surface area contributed by atoms with E-state index in [4.69, 9.17) is 4.74 Å². The number of ether oxygens (including phenoxy) is 1. The van der Waals surface area contributed by atoms with Crippen molar-refractivity contribution in [1.29, 1.82) is 0 Å². The molecule has 3 rings (SSSR count). The fraction of sp³-hybridized carbons (Fsp3) is 0.421. The summed E-state index contributed by atoms with van der Waals surface area (Å²) in [5.74, 6) is 0.406. The molecule has 1 aliphatic rings. The molecule has 138 valence electrons. The second-order valence-electron chi connectivity index (χ2n) is 6.17. The lowest BCUT2D eigenvalue weighted by Gasteiger charge is -2.26. The van der Waals surface area contributed by atoms with Crippen molar-refractivity contribution in [3.8, 4) is 0 Å². The molecule has 1 fully saturated rings. The summed E-state index contributed by atoms with van der Waals surface area (Å²) in [4.78, 5) is 23.1. The van der Waals surface area contributed by atoms with Gasteiger partial charge in [-0.05, 0) is 24.1 Å². The second kappa shape index (κ2) is 9.26. The zero-order valence-electron chi connectivity index (χ0n) is 15.1. The van der Waals surface area contributed by atoms with Crippen molar-refractivity contribution in [2.45, 2.75) is 13.3 Å². The number of morpholine rings is 1. The van der Waals surface area contributed by atoms with Crippen molar-refractivity contribution in [2.75, 3.05) is 50.0 Å². The number of hydrogen-bond acceptors (Lipinski definition) is 6. The fourth-order valence-corrected chi connectivity index (χ4v) is 2.72. The topological polar surface area (TPSA) is 79.4 Å². The summed E-state index contributed by atoms with van der Waals surface area (Å²) >= 11 is 0. The smallest absolute Gasteiger partial charge is 0.275 e. The van der Waals surface area contributed by atoms with E-state index >= 15 is 0 Å². The van der Waals surface area contributed by atoms with Gasteiger partial charge >= 0.3 is 0 Å². The Labute approximate surface area is 153 Å². The van der Waals surface area contributed by atoms with E-state index in [1.807, 2.05) is 24.3 Å². The number of nitrogens with zero attached hydrogens (tertiary/aromatic N) is 3. The van der Waals surface area contributed by atoms with Crippen LogP contribution in [0.15, 0.2) is 36.7 Å². The standard InChI is InChI=1S/C19H25N5O2/c1-2-15-3-5-16(6-4-15)23-19(25)17-13-22-18(14-21-17)20-7-8-24-9-11-26-12-10-24/h3-6,13-14H,2,7-12H2,1H3,(H,20,22)(H,23,25). The molecule has 0 bridgehead atoms. The first-order valence-electron chi connectivity index (χ1n) is 9.01. The Morgan fingerprint density at radius 3 is 2.58 bits per heavy atom. The molecule has 1 amide bonds. The van der Waals surface area contributed by atoms with Crippen LogP contribution in [0.5, 0.6) is 0 Å². The van der Waals surface area contributed by atoms with E-state index in [2.05, 4.69) is 32.4 Å². The van der Waals surface area contributed by atoms with Gasteiger partial charge < -0.3 is 15.4 Å². The molecular weight excluding hydrogens is 330 g/mol. The van der Waals surface area contributed by atoms with Crippen LogP contribution in [0.3, 0.4) is 0 Å². The molecule has 1 aromatic heterocycles. The molecule has 0 unspecified atom stereocenters. The van der Waals surface area contributed by atoms with Crippen molar-refractivity contribution in [1.82, 2.24) is 14.9 Å². The number of benzene rings is 1. The van der Waals surface area contributed by atoms with Crippen molar-refractivity contribution in [3.63, 3.8) is 0 Å². The third-order valence-corrected chi connectivity index (χ3v) is 4.34. The molecule has 0 radical (unpaired) electrons. The van der Waals surface area contributed by atoms with Gasteiger partial charge in [0, 0.05) is 31.9 Å². The Kier molecular flexibility index (Phi) is 6.51. The van der Waals surface area contributed by atoms with E-state index in [0.29, 0.717) is 11.5 Å². The largest absolute Gasteiger partial charge is 0.379 e. The lowest BCUT2D eigenvalue weighted by molar-refractivity contribution is 0.0398. The molecule has 1 aromatic carbocycles. The number of rotatable bonds is 7. The highest BCUT2D eigenvalue weighted by atomic mass is 16.5. The van der Waals surface area contributed by atoms with Crippen LogP contribution in [0.2, 0.25) is 0 Å². The SMILES string of the molecule is CCc1ccc(NC(=O)c2cnc(NCCN3CCOCC3)cn2)cc1. The van der Waals surface area contributed by atoms with E-state index in [9.17, 15) is 4.79 Å². The van der Waals surface area contributed by atoms with Crippen LogP contribution >= 0.6 is 0 Å². The maximum Gasteiger partial charge on any atom is 0.275 e. The van der Waals surface area contributed by atoms with Gasteiger partial charge in [0.05, 0.1) is 25.6 Å². The van der Waals surface area contributed by atoms with Crippen LogP contribution in [-0.2, 0) is 11.2 Å². The van der Waals surface area contributed by atoms with Crippen molar-refractivity contribution in [3.05, 3.63) is 47.9 Å². The van der Waals surface area contributed by atoms with E-state index in [1.165, 1.54) is 11.8 Å². The molecule has 0 saturated carbocycles. The highest BCUT2D eigenvalue weighted by Gasteiger charge is 2.10. The molecule has 1 aliphatic heterocycles. The first-order valence-corrected chi connectivity index (χ1v) is 9.01. The maximum absolute atomic E-state index is 12.2. The summed E-state index contributed by atoms with van der Waals surface area (Å²) in [6.45, 7) is 7.33. The number of nitrogens with one attached hydrogen (secondary N) is 2. The summed E-state index contributed by atoms with van der Waals surface area (Å²) in [5.41, 5.74) is 2.28. The van der Waals surface area contributed by atoms with E-state index in [0.717, 1.165) is 51.5 Å². The molecule has 0 atom stereocenters. The molecule has 2 N–H and O–H groups in total. The average molecular weight is 355 g/mol. The summed E-state index contributed by atoms with van der Waals surface area (Å²) < 4.78 is 5.33. The number of hydrogen-bond donors (Lipinski definition) is 2. The van der Waals surface area contributed by atoms with Gasteiger partial charge in [-0.1, -0.05) is 19.1 Å². The zero-order valence-corrected chi connectivity index (χ0v) is 15.1. The number of anilines is 2. The van der Waals surface area contributed by atoms with E-state index < -0.39 is 0 Å². The first-order chi connectivity index (χ1) is 12.7. The first kappa shape index (κ1) is 18.3. The molecule has 0 aliphatic carbocycles. The summed E-state index contributed by atoms with van der Waals surface area (Å²) in [5, 5.41) is 6.07. The molecule has 1 saturated heterocycles. The third-order valence-electron chi connectivity index (χ3n) is 4.34. The number of carbonyl (C=O) groups excluding carboxylic acids is 1. The van der Waals surface area contributed by atoms with Gasteiger partial charge in [-0.3, -0.25) is 9.69 Å². The maximum atomic E-state index is 12.2. The van der Waals surface area contributed by atoms with Gasteiger partial charge in [0.1, 0.15) is 11.5 Å². The number of aryl methyl sites for hydroxylation is 1. The molecule has 26 heavy (non-hydrogen) atoms. The average Bonchev–Trinajstić information content (AvgIpc) is 2.70. The second-order valence-corrected chi connectivity index (χ2v) is 6.17. The molecule has 7 nitrogen and oxygen atoms in total. The number of amides is 1. The minimum atomic E-state index is -0.262. The van der Waals surface area contributed by atoms with Crippen molar-refractivity contribution in [2.24, 2.45) is 0 Å². The van der Waals surface area contributed by atoms with Crippen LogP contribution in [0.1, 0.15) is 23.0 Å². The van der Waals surface area contributed by atoms with Gasteiger partial charge in [0.15, 0.2) is 0 Å². The Balaban J connectivity index is 1.47. The molecule has 0 spiro atoms. The van der Waals surface area contributed by atoms with Gasteiger partial charge in [-0.25, -0.2) is 9.97 Å². The quantitative estimate of drug-likeness (QED) is 0.791. The summed E-state index contributed by atoms with van der Waals surface area (Å²) in [7, 11) is 0. The van der Waals surface area contributed by atoms with E-state index in [1.54, 1.807) is 6.20 Å². The van der Waals surface area contributed by atoms with Gasteiger partial charge in [0.25, 0.3) is 5.91 Å². The Hall–Kier alpha value is -2.51. The van der Waals surface area contributed by atoms with Crippen LogP contribution in [0.25, 0.3) is 0 Å². The van der Waals surface area contributed by atoms with Crippen molar-refractivity contribution < 1.29 is 9.53 Å². The number of aromatic nitrogens is 2. The fourth-order valence-electron chi connectivity index (χ4n) is 2.72. The highest BCUT2D eigenvalue weighted by Crippen LogP contribution is 2.11. The minimum absolute atomic E-state index is 0.262.